The van der Waals surface area contributed by atoms with E-state index in [9.17, 15) is 14.4 Å². The molecule has 21 heavy (non-hydrogen) atoms. The van der Waals surface area contributed by atoms with Gasteiger partial charge in [-0.05, 0) is 30.2 Å². The Hall–Kier alpha value is -2.41. The average Bonchev–Trinajstić information content (AvgIpc) is 2.45. The summed E-state index contributed by atoms with van der Waals surface area (Å²) in [5, 5.41) is 14.6. The lowest BCUT2D eigenvalue weighted by atomic mass is 9.95. The predicted molar refractivity (Wildman–Crippen MR) is 74.6 cm³/mol. The molecule has 1 atom stereocenters. The zero-order valence-corrected chi connectivity index (χ0v) is 11.4. The van der Waals surface area contributed by atoms with Crippen LogP contribution < -0.4 is 16.4 Å². The summed E-state index contributed by atoms with van der Waals surface area (Å²) in [4.78, 5) is 34.2. The number of amides is 2. The van der Waals surface area contributed by atoms with Crippen molar-refractivity contribution in [2.45, 2.75) is 25.4 Å². The minimum atomic E-state index is -1.31. The van der Waals surface area contributed by atoms with E-state index in [4.69, 9.17) is 10.8 Å². The number of carbonyl (C=O) groups excluding carboxylic acids is 2. The molecule has 1 aromatic carbocycles. The first-order valence-electron chi connectivity index (χ1n) is 6.62. The molecular weight excluding hydrogens is 274 g/mol. The number of primary amides is 1. The summed E-state index contributed by atoms with van der Waals surface area (Å²) >= 11 is 0. The maximum absolute atomic E-state index is 12.3. The third-order valence-corrected chi connectivity index (χ3v) is 3.39. The van der Waals surface area contributed by atoms with Gasteiger partial charge in [0.1, 0.15) is 6.04 Å². The molecule has 5 N–H and O–H groups in total. The van der Waals surface area contributed by atoms with Crippen LogP contribution in [0.2, 0.25) is 0 Å². The van der Waals surface area contributed by atoms with Crippen molar-refractivity contribution in [1.29, 1.82) is 0 Å². The molecule has 1 aromatic rings. The van der Waals surface area contributed by atoms with Gasteiger partial charge in [-0.3, -0.25) is 9.59 Å². The molecule has 1 aliphatic heterocycles. The molecule has 7 heteroatoms. The molecule has 1 aliphatic rings. The molecule has 0 saturated heterocycles. The van der Waals surface area contributed by atoms with Crippen LogP contribution in [0, 0.1) is 0 Å². The summed E-state index contributed by atoms with van der Waals surface area (Å²) in [5.41, 5.74) is 7.38. The van der Waals surface area contributed by atoms with Crippen molar-refractivity contribution in [1.82, 2.24) is 10.6 Å². The average molecular weight is 291 g/mol. The molecule has 0 fully saturated rings. The highest BCUT2D eigenvalue weighted by Crippen LogP contribution is 2.18. The molecule has 2 amide bonds. The quantitative estimate of drug-likeness (QED) is 0.576. The number of hydrogen-bond donors (Lipinski definition) is 4. The molecular formula is C14H17N3O4. The first-order chi connectivity index (χ1) is 9.99. The van der Waals surface area contributed by atoms with Crippen LogP contribution in [-0.2, 0) is 22.6 Å². The van der Waals surface area contributed by atoms with Gasteiger partial charge in [0.25, 0.3) is 5.91 Å². The number of hydrogen-bond acceptors (Lipinski definition) is 4. The van der Waals surface area contributed by atoms with Gasteiger partial charge in [0.2, 0.25) is 5.91 Å². The Balaban J connectivity index is 2.20. The van der Waals surface area contributed by atoms with Gasteiger partial charge in [-0.2, -0.15) is 0 Å². The summed E-state index contributed by atoms with van der Waals surface area (Å²) in [6.45, 7) is 1.45. The van der Waals surface area contributed by atoms with Crippen LogP contribution in [0.5, 0.6) is 0 Å². The maximum atomic E-state index is 12.3. The van der Waals surface area contributed by atoms with Gasteiger partial charge in [-0.15, -0.1) is 0 Å². The number of benzene rings is 1. The first kappa shape index (κ1) is 15.0. The van der Waals surface area contributed by atoms with Crippen LogP contribution in [0.1, 0.15) is 27.9 Å². The third-order valence-electron chi connectivity index (χ3n) is 3.39. The number of carboxylic acid groups (broad SMARTS) is 1. The summed E-state index contributed by atoms with van der Waals surface area (Å²) in [5.74, 6) is -2.56. The van der Waals surface area contributed by atoms with Crippen LogP contribution in [0.25, 0.3) is 0 Å². The van der Waals surface area contributed by atoms with E-state index >= 15 is 0 Å². The number of nitrogens with two attached hydrogens (primary N) is 1. The predicted octanol–water partition coefficient (Wildman–Crippen LogP) is -0.609. The van der Waals surface area contributed by atoms with Crippen LogP contribution in [0.3, 0.4) is 0 Å². The Labute approximate surface area is 121 Å². The van der Waals surface area contributed by atoms with Crippen LogP contribution in [-0.4, -0.2) is 35.5 Å². The lowest BCUT2D eigenvalue weighted by Crippen LogP contribution is -2.43. The van der Waals surface area contributed by atoms with Crippen molar-refractivity contribution in [2.75, 3.05) is 6.54 Å². The highest BCUT2D eigenvalue weighted by molar-refractivity contribution is 5.99. The maximum Gasteiger partial charge on any atom is 0.326 e. The molecule has 112 valence electrons. The normalized spacial score (nSPS) is 14.9. The largest absolute Gasteiger partial charge is 0.480 e. The van der Waals surface area contributed by atoms with Crippen LogP contribution in [0.4, 0.5) is 0 Å². The fourth-order valence-corrected chi connectivity index (χ4v) is 2.38. The second-order valence-electron chi connectivity index (χ2n) is 4.90. The van der Waals surface area contributed by atoms with Crippen molar-refractivity contribution in [3.63, 3.8) is 0 Å². The highest BCUT2D eigenvalue weighted by Gasteiger charge is 2.24. The second kappa shape index (κ2) is 6.36. The molecule has 0 aliphatic carbocycles. The van der Waals surface area contributed by atoms with E-state index < -0.39 is 30.2 Å². The van der Waals surface area contributed by atoms with E-state index in [0.717, 1.165) is 17.7 Å². The topological polar surface area (TPSA) is 122 Å². The number of aliphatic carboxylic acids is 1. The first-order valence-corrected chi connectivity index (χ1v) is 6.62. The van der Waals surface area contributed by atoms with E-state index in [1.165, 1.54) is 0 Å². The van der Waals surface area contributed by atoms with Gasteiger partial charge in [0.15, 0.2) is 0 Å². The minimum absolute atomic E-state index is 0.433. The summed E-state index contributed by atoms with van der Waals surface area (Å²) in [6.07, 6.45) is 0.268. The number of nitrogens with one attached hydrogen (secondary N) is 2. The summed E-state index contributed by atoms with van der Waals surface area (Å²) in [6, 6.07) is 4.02. The van der Waals surface area contributed by atoms with Crippen LogP contribution >= 0.6 is 0 Å². The number of carbonyl (C=O) groups is 3. The lowest BCUT2D eigenvalue weighted by molar-refractivity contribution is -0.140. The molecule has 1 heterocycles. The third kappa shape index (κ3) is 3.57. The van der Waals surface area contributed by atoms with Gasteiger partial charge < -0.3 is 21.5 Å². The van der Waals surface area contributed by atoms with E-state index in [1.807, 2.05) is 6.07 Å². The zero-order valence-electron chi connectivity index (χ0n) is 11.4. The SMILES string of the molecule is NC(=O)C[C@H](NC(=O)c1cccc2c1CCNC2)C(=O)O. The Bertz CT molecular complexity index is 586. The van der Waals surface area contributed by atoms with Gasteiger partial charge in [0.05, 0.1) is 6.42 Å². The van der Waals surface area contributed by atoms with Crippen molar-refractivity contribution < 1.29 is 19.5 Å². The van der Waals surface area contributed by atoms with E-state index in [-0.39, 0.29) is 0 Å². The molecule has 0 bridgehead atoms. The molecule has 0 aromatic heterocycles. The smallest absolute Gasteiger partial charge is 0.326 e. The molecule has 0 unspecified atom stereocenters. The lowest BCUT2D eigenvalue weighted by Gasteiger charge is -2.21. The zero-order chi connectivity index (χ0) is 15.4. The monoisotopic (exact) mass is 291 g/mol. The van der Waals surface area contributed by atoms with Crippen molar-refractivity contribution in [3.05, 3.63) is 34.9 Å². The van der Waals surface area contributed by atoms with Gasteiger partial charge in [-0.25, -0.2) is 4.79 Å². The van der Waals surface area contributed by atoms with Gasteiger partial charge in [-0.1, -0.05) is 12.1 Å². The number of rotatable bonds is 5. The Morgan fingerprint density at radius 3 is 2.81 bits per heavy atom. The highest BCUT2D eigenvalue weighted by atomic mass is 16.4. The molecule has 7 nitrogen and oxygen atoms in total. The van der Waals surface area contributed by atoms with Crippen molar-refractivity contribution in [3.8, 4) is 0 Å². The fourth-order valence-electron chi connectivity index (χ4n) is 2.38. The van der Waals surface area contributed by atoms with E-state index in [1.54, 1.807) is 12.1 Å². The van der Waals surface area contributed by atoms with Crippen LogP contribution in [0.15, 0.2) is 18.2 Å². The van der Waals surface area contributed by atoms with Gasteiger partial charge in [0, 0.05) is 12.1 Å². The van der Waals surface area contributed by atoms with E-state index in [2.05, 4.69) is 10.6 Å². The molecule has 0 saturated carbocycles. The minimum Gasteiger partial charge on any atom is -0.480 e. The fraction of sp³-hybridized carbons (Fsp3) is 0.357. The Morgan fingerprint density at radius 2 is 2.14 bits per heavy atom. The second-order valence-corrected chi connectivity index (χ2v) is 4.90. The van der Waals surface area contributed by atoms with Gasteiger partial charge >= 0.3 is 5.97 Å². The Kier molecular flexibility index (Phi) is 4.54. The Morgan fingerprint density at radius 1 is 1.38 bits per heavy atom. The molecule has 2 rings (SSSR count). The standard InChI is InChI=1S/C14H17N3O4/c15-12(18)6-11(14(20)21)17-13(19)10-3-1-2-8-7-16-5-4-9(8)10/h1-3,11,16H,4-7H2,(H2,15,18)(H,17,19)(H,20,21)/t11-/m0/s1. The summed E-state index contributed by atoms with van der Waals surface area (Å²) < 4.78 is 0. The van der Waals surface area contributed by atoms with Crippen molar-refractivity contribution in [2.24, 2.45) is 5.73 Å². The number of fused-ring (bicyclic) bond motifs is 1. The van der Waals surface area contributed by atoms with E-state index in [0.29, 0.717) is 18.5 Å². The number of carboxylic acids is 1. The molecule has 0 radical (unpaired) electrons. The molecule has 0 spiro atoms. The van der Waals surface area contributed by atoms with Crippen molar-refractivity contribution >= 4 is 17.8 Å². The summed E-state index contributed by atoms with van der Waals surface area (Å²) in [7, 11) is 0.